The van der Waals surface area contributed by atoms with Gasteiger partial charge in [-0.15, -0.1) is 0 Å². The maximum atomic E-state index is 5.95. The molecule has 2 nitrogen and oxygen atoms in total. The lowest BCUT2D eigenvalue weighted by Gasteiger charge is -2.01. The Bertz CT molecular complexity index is 673. The summed E-state index contributed by atoms with van der Waals surface area (Å²) in [5, 5.41) is 0.722. The molecule has 0 saturated carbocycles. The Hall–Kier alpha value is -1.32. The van der Waals surface area contributed by atoms with Gasteiger partial charge in [0, 0.05) is 21.3 Å². The smallest absolute Gasteiger partial charge is 0.144 e. The largest absolute Gasteiger partial charge is 0.300 e. The van der Waals surface area contributed by atoms with Gasteiger partial charge in [-0.2, -0.15) is 0 Å². The van der Waals surface area contributed by atoms with Gasteiger partial charge in [-0.3, -0.25) is 4.40 Å². The summed E-state index contributed by atoms with van der Waals surface area (Å²) in [6.45, 7) is 0. The molecule has 17 heavy (non-hydrogen) atoms. The molecule has 2 heterocycles. The van der Waals surface area contributed by atoms with Gasteiger partial charge in [-0.1, -0.05) is 39.7 Å². The second kappa shape index (κ2) is 4.17. The molecule has 0 saturated heterocycles. The van der Waals surface area contributed by atoms with Gasteiger partial charge in [0.25, 0.3) is 0 Å². The fourth-order valence-electron chi connectivity index (χ4n) is 1.79. The van der Waals surface area contributed by atoms with Gasteiger partial charge < -0.3 is 0 Å². The van der Waals surface area contributed by atoms with Crippen LogP contribution in [0, 0.1) is 0 Å². The van der Waals surface area contributed by atoms with Crippen molar-refractivity contribution in [2.75, 3.05) is 0 Å². The summed E-state index contributed by atoms with van der Waals surface area (Å²) in [5.41, 5.74) is 2.07. The van der Waals surface area contributed by atoms with Gasteiger partial charge in [0.05, 0.1) is 11.7 Å². The number of fused-ring (bicyclic) bond motifs is 1. The Morgan fingerprint density at radius 1 is 1.12 bits per heavy atom. The number of aromatic nitrogens is 2. The van der Waals surface area contributed by atoms with Crippen molar-refractivity contribution in [2.45, 2.75) is 0 Å². The normalized spacial score (nSPS) is 10.9. The number of rotatable bonds is 1. The molecular weight excluding hydrogens is 300 g/mol. The van der Waals surface area contributed by atoms with Gasteiger partial charge in [0.1, 0.15) is 5.82 Å². The predicted octanol–water partition coefficient (Wildman–Crippen LogP) is 4.42. The molecule has 84 valence electrons. The van der Waals surface area contributed by atoms with Gasteiger partial charge in [-0.05, 0) is 24.3 Å². The minimum Gasteiger partial charge on any atom is -0.300 e. The minimum atomic E-state index is 0.722. The Balaban J connectivity index is 2.21. The zero-order chi connectivity index (χ0) is 11.8. The van der Waals surface area contributed by atoms with Crippen LogP contribution in [-0.2, 0) is 0 Å². The van der Waals surface area contributed by atoms with E-state index in [4.69, 9.17) is 11.6 Å². The van der Waals surface area contributed by atoms with Crippen LogP contribution in [0.4, 0.5) is 0 Å². The van der Waals surface area contributed by atoms with Crippen molar-refractivity contribution in [1.29, 1.82) is 0 Å². The summed E-state index contributed by atoms with van der Waals surface area (Å²) < 4.78 is 3.08. The van der Waals surface area contributed by atoms with E-state index in [9.17, 15) is 0 Å². The first-order valence-electron chi connectivity index (χ1n) is 5.12. The lowest BCUT2D eigenvalue weighted by Crippen LogP contribution is -1.88. The van der Waals surface area contributed by atoms with Crippen LogP contribution in [0.5, 0.6) is 0 Å². The third kappa shape index (κ3) is 1.96. The molecule has 0 atom stereocenters. The van der Waals surface area contributed by atoms with Crippen molar-refractivity contribution in [3.8, 4) is 11.4 Å². The number of hydrogen-bond acceptors (Lipinski definition) is 1. The second-order valence-corrected chi connectivity index (χ2v) is 5.08. The lowest BCUT2D eigenvalue weighted by atomic mass is 10.2. The molecule has 0 fully saturated rings. The Morgan fingerprint density at radius 2 is 1.88 bits per heavy atom. The highest BCUT2D eigenvalue weighted by atomic mass is 79.9. The molecular formula is C13H8BrClN2. The van der Waals surface area contributed by atoms with Crippen molar-refractivity contribution >= 4 is 33.0 Å². The quantitative estimate of drug-likeness (QED) is 0.650. The molecule has 3 aromatic rings. The minimum absolute atomic E-state index is 0.722. The molecule has 0 aliphatic carbocycles. The highest BCUT2D eigenvalue weighted by molar-refractivity contribution is 9.10. The van der Waals surface area contributed by atoms with E-state index in [1.807, 2.05) is 53.2 Å². The molecule has 0 radical (unpaired) electrons. The molecule has 0 amide bonds. The van der Waals surface area contributed by atoms with Crippen molar-refractivity contribution in [1.82, 2.24) is 9.38 Å². The molecule has 4 heteroatoms. The van der Waals surface area contributed by atoms with Crippen LogP contribution in [0.15, 0.2) is 53.3 Å². The van der Waals surface area contributed by atoms with Crippen molar-refractivity contribution in [2.24, 2.45) is 0 Å². The summed E-state index contributed by atoms with van der Waals surface area (Å²) in [6, 6.07) is 11.8. The topological polar surface area (TPSA) is 17.3 Å². The van der Waals surface area contributed by atoms with Crippen LogP contribution in [0.3, 0.4) is 0 Å². The average molecular weight is 308 g/mol. The standard InChI is InChI=1S/C13H8BrClN2/c14-10-3-1-9(2-4-10)13-16-8-12-7-11(15)5-6-17(12)13/h1-8H. The van der Waals surface area contributed by atoms with E-state index in [1.54, 1.807) is 0 Å². The maximum Gasteiger partial charge on any atom is 0.144 e. The van der Waals surface area contributed by atoms with Crippen LogP contribution in [0.2, 0.25) is 5.02 Å². The zero-order valence-electron chi connectivity index (χ0n) is 8.77. The van der Waals surface area contributed by atoms with E-state index in [1.165, 1.54) is 0 Å². The first-order chi connectivity index (χ1) is 8.24. The van der Waals surface area contributed by atoms with Crippen LogP contribution < -0.4 is 0 Å². The number of hydrogen-bond donors (Lipinski definition) is 0. The highest BCUT2D eigenvalue weighted by Crippen LogP contribution is 2.23. The van der Waals surface area contributed by atoms with Crippen LogP contribution in [-0.4, -0.2) is 9.38 Å². The molecule has 0 aliphatic heterocycles. The summed E-state index contributed by atoms with van der Waals surface area (Å²) in [7, 11) is 0. The van der Waals surface area contributed by atoms with Gasteiger partial charge in [-0.25, -0.2) is 4.98 Å². The van der Waals surface area contributed by atoms with Gasteiger partial charge >= 0.3 is 0 Å². The first-order valence-corrected chi connectivity index (χ1v) is 6.30. The van der Waals surface area contributed by atoms with Crippen molar-refractivity contribution in [3.63, 3.8) is 0 Å². The molecule has 0 aliphatic rings. The third-order valence-electron chi connectivity index (χ3n) is 2.60. The summed E-state index contributed by atoms with van der Waals surface area (Å²) in [6.07, 6.45) is 3.76. The fourth-order valence-corrected chi connectivity index (χ4v) is 2.22. The molecule has 0 unspecified atom stereocenters. The number of halogens is 2. The summed E-state index contributed by atoms with van der Waals surface area (Å²) in [4.78, 5) is 4.43. The van der Waals surface area contributed by atoms with E-state index in [0.29, 0.717) is 0 Å². The Morgan fingerprint density at radius 3 is 2.65 bits per heavy atom. The maximum absolute atomic E-state index is 5.95. The van der Waals surface area contributed by atoms with Crippen LogP contribution in [0.1, 0.15) is 0 Å². The molecule has 0 spiro atoms. The van der Waals surface area contributed by atoms with E-state index in [2.05, 4.69) is 20.9 Å². The zero-order valence-corrected chi connectivity index (χ0v) is 11.1. The molecule has 0 bridgehead atoms. The Labute approximate surface area is 112 Å². The fraction of sp³-hybridized carbons (Fsp3) is 0. The number of nitrogens with zero attached hydrogens (tertiary/aromatic N) is 2. The summed E-state index contributed by atoms with van der Waals surface area (Å²) >= 11 is 9.37. The number of pyridine rings is 1. The predicted molar refractivity (Wildman–Crippen MR) is 73.3 cm³/mol. The van der Waals surface area contributed by atoms with Crippen molar-refractivity contribution < 1.29 is 0 Å². The lowest BCUT2D eigenvalue weighted by molar-refractivity contribution is 1.16. The Kier molecular flexibility index (Phi) is 2.65. The first kappa shape index (κ1) is 10.8. The number of imidazole rings is 1. The van der Waals surface area contributed by atoms with Gasteiger partial charge in [0.2, 0.25) is 0 Å². The summed E-state index contributed by atoms with van der Waals surface area (Å²) in [5.74, 6) is 0.921. The number of benzene rings is 1. The molecule has 2 aromatic heterocycles. The van der Waals surface area contributed by atoms with Gasteiger partial charge in [0.15, 0.2) is 0 Å². The SMILES string of the molecule is Clc1ccn2c(-c3ccc(Br)cc3)ncc2c1. The second-order valence-electron chi connectivity index (χ2n) is 3.73. The van der Waals surface area contributed by atoms with Crippen LogP contribution in [0.25, 0.3) is 16.9 Å². The van der Waals surface area contributed by atoms with Crippen LogP contribution >= 0.6 is 27.5 Å². The third-order valence-corrected chi connectivity index (χ3v) is 3.36. The monoisotopic (exact) mass is 306 g/mol. The van der Waals surface area contributed by atoms with E-state index < -0.39 is 0 Å². The molecule has 1 aromatic carbocycles. The molecule has 0 N–H and O–H groups in total. The average Bonchev–Trinajstić information content (AvgIpc) is 2.73. The highest BCUT2D eigenvalue weighted by Gasteiger charge is 2.06. The van der Waals surface area contributed by atoms with Crippen molar-refractivity contribution in [3.05, 3.63) is 58.3 Å². The van der Waals surface area contributed by atoms with E-state index >= 15 is 0 Å². The molecule has 3 rings (SSSR count). The van der Waals surface area contributed by atoms with E-state index in [0.717, 1.165) is 26.4 Å². The van der Waals surface area contributed by atoms with E-state index in [-0.39, 0.29) is 0 Å².